The largest absolute Gasteiger partial charge is 0.494 e. The van der Waals surface area contributed by atoms with Gasteiger partial charge >= 0.3 is 5.97 Å². The van der Waals surface area contributed by atoms with Crippen molar-refractivity contribution in [3.8, 4) is 5.75 Å². The molecule has 0 aromatic heterocycles. The number of carbonyl (C=O) groups excluding carboxylic acids is 1. The molecule has 1 aromatic rings. The summed E-state index contributed by atoms with van der Waals surface area (Å²) in [6.07, 6.45) is 1.55. The van der Waals surface area contributed by atoms with Crippen LogP contribution in [0.5, 0.6) is 5.75 Å². The van der Waals surface area contributed by atoms with Crippen molar-refractivity contribution in [1.29, 1.82) is 0 Å². The van der Waals surface area contributed by atoms with Crippen LogP contribution in [-0.4, -0.2) is 40.6 Å². The van der Waals surface area contributed by atoms with Gasteiger partial charge in [0.2, 0.25) is 5.91 Å². The van der Waals surface area contributed by atoms with Crippen molar-refractivity contribution in [3.63, 3.8) is 0 Å². The van der Waals surface area contributed by atoms with E-state index in [-0.39, 0.29) is 18.4 Å². The molecule has 2 rings (SSSR count). The second-order valence-electron chi connectivity index (χ2n) is 5.48. The quantitative estimate of drug-likeness (QED) is 0.757. The standard InChI is InChI=1S/C16H22N2O4/c1-2-22-13-7-3-11(4-8-13)10-18(12-5-6-12)16(21)14(17)9-15(19)20/h3-4,7-8,12,14H,2,5-6,9-10,17H2,1H3,(H,19,20)/t14-/m0/s1. The lowest BCUT2D eigenvalue weighted by atomic mass is 10.1. The molecular formula is C16H22N2O4. The van der Waals surface area contributed by atoms with Crippen LogP contribution in [0.3, 0.4) is 0 Å². The van der Waals surface area contributed by atoms with Crippen LogP contribution in [0, 0.1) is 0 Å². The Labute approximate surface area is 129 Å². The minimum atomic E-state index is -1.06. The van der Waals surface area contributed by atoms with Gasteiger partial charge in [-0.1, -0.05) is 12.1 Å². The average Bonchev–Trinajstić information content (AvgIpc) is 3.30. The highest BCUT2D eigenvalue weighted by Gasteiger charge is 2.35. The third-order valence-corrected chi connectivity index (χ3v) is 3.57. The number of carbonyl (C=O) groups is 2. The summed E-state index contributed by atoms with van der Waals surface area (Å²) in [5.41, 5.74) is 6.69. The Morgan fingerprint density at radius 1 is 1.36 bits per heavy atom. The number of aliphatic carboxylic acids is 1. The summed E-state index contributed by atoms with van der Waals surface area (Å²) in [5.74, 6) is -0.561. The number of benzene rings is 1. The molecule has 1 aromatic carbocycles. The number of carboxylic acid groups (broad SMARTS) is 1. The third kappa shape index (κ3) is 4.46. The minimum absolute atomic E-state index is 0.180. The molecule has 120 valence electrons. The SMILES string of the molecule is CCOc1ccc(CN(C(=O)[C@@H](N)CC(=O)O)C2CC2)cc1. The maximum atomic E-state index is 12.3. The molecule has 0 saturated heterocycles. The lowest BCUT2D eigenvalue weighted by molar-refractivity contribution is -0.142. The molecule has 0 bridgehead atoms. The second-order valence-corrected chi connectivity index (χ2v) is 5.48. The first-order valence-corrected chi connectivity index (χ1v) is 7.51. The van der Waals surface area contributed by atoms with Gasteiger partial charge in [0, 0.05) is 12.6 Å². The average molecular weight is 306 g/mol. The van der Waals surface area contributed by atoms with Crippen LogP contribution in [0.4, 0.5) is 0 Å². The van der Waals surface area contributed by atoms with Crippen molar-refractivity contribution in [1.82, 2.24) is 4.90 Å². The topological polar surface area (TPSA) is 92.9 Å². The monoisotopic (exact) mass is 306 g/mol. The molecule has 0 unspecified atom stereocenters. The Hall–Kier alpha value is -2.08. The van der Waals surface area contributed by atoms with Crippen LogP contribution in [-0.2, 0) is 16.1 Å². The van der Waals surface area contributed by atoms with Crippen LogP contribution in [0.15, 0.2) is 24.3 Å². The normalized spacial score (nSPS) is 15.2. The summed E-state index contributed by atoms with van der Waals surface area (Å²) >= 11 is 0. The van der Waals surface area contributed by atoms with Crippen LogP contribution in [0.1, 0.15) is 31.7 Å². The van der Waals surface area contributed by atoms with E-state index in [2.05, 4.69) is 0 Å². The van der Waals surface area contributed by atoms with E-state index >= 15 is 0 Å². The summed E-state index contributed by atoms with van der Waals surface area (Å²) < 4.78 is 5.39. The molecule has 6 nitrogen and oxygen atoms in total. The number of amides is 1. The van der Waals surface area contributed by atoms with Gasteiger partial charge in [0.1, 0.15) is 5.75 Å². The Kier molecular flexibility index (Phi) is 5.38. The molecule has 6 heteroatoms. The van der Waals surface area contributed by atoms with E-state index in [1.807, 2.05) is 31.2 Å². The molecule has 1 amide bonds. The Morgan fingerprint density at radius 3 is 2.50 bits per heavy atom. The molecule has 1 saturated carbocycles. The van der Waals surface area contributed by atoms with Crippen LogP contribution >= 0.6 is 0 Å². The van der Waals surface area contributed by atoms with Crippen LogP contribution in [0.2, 0.25) is 0 Å². The first kappa shape index (κ1) is 16.3. The zero-order chi connectivity index (χ0) is 16.1. The molecule has 1 aliphatic rings. The maximum absolute atomic E-state index is 12.3. The number of carboxylic acids is 1. The fourth-order valence-corrected chi connectivity index (χ4v) is 2.32. The summed E-state index contributed by atoms with van der Waals surface area (Å²) in [7, 11) is 0. The van der Waals surface area contributed by atoms with Gasteiger partial charge in [-0.15, -0.1) is 0 Å². The van der Waals surface area contributed by atoms with E-state index in [1.165, 1.54) is 0 Å². The van der Waals surface area contributed by atoms with E-state index in [1.54, 1.807) is 4.90 Å². The van der Waals surface area contributed by atoms with Gasteiger partial charge in [-0.05, 0) is 37.5 Å². The molecule has 1 aliphatic carbocycles. The molecular weight excluding hydrogens is 284 g/mol. The molecule has 0 radical (unpaired) electrons. The van der Waals surface area contributed by atoms with Crippen LogP contribution in [0.25, 0.3) is 0 Å². The van der Waals surface area contributed by atoms with E-state index in [4.69, 9.17) is 15.6 Å². The first-order valence-electron chi connectivity index (χ1n) is 7.51. The van der Waals surface area contributed by atoms with Gasteiger partial charge in [0.05, 0.1) is 19.1 Å². The fraction of sp³-hybridized carbons (Fsp3) is 0.500. The highest BCUT2D eigenvalue weighted by atomic mass is 16.5. The molecule has 0 heterocycles. The predicted molar refractivity (Wildman–Crippen MR) is 81.4 cm³/mol. The number of hydrogen-bond acceptors (Lipinski definition) is 4. The van der Waals surface area contributed by atoms with E-state index < -0.39 is 12.0 Å². The number of rotatable bonds is 8. The molecule has 3 N–H and O–H groups in total. The molecule has 0 spiro atoms. The molecule has 0 aliphatic heterocycles. The van der Waals surface area contributed by atoms with Gasteiger partial charge in [-0.2, -0.15) is 0 Å². The van der Waals surface area contributed by atoms with Gasteiger partial charge in [0.25, 0.3) is 0 Å². The van der Waals surface area contributed by atoms with Crippen molar-refractivity contribution in [2.45, 2.75) is 44.8 Å². The van der Waals surface area contributed by atoms with Gasteiger partial charge in [0.15, 0.2) is 0 Å². The minimum Gasteiger partial charge on any atom is -0.494 e. The van der Waals surface area contributed by atoms with Crippen molar-refractivity contribution in [3.05, 3.63) is 29.8 Å². The zero-order valence-corrected chi connectivity index (χ0v) is 12.7. The summed E-state index contributed by atoms with van der Waals surface area (Å²) in [6, 6.07) is 6.75. The van der Waals surface area contributed by atoms with Gasteiger partial charge < -0.3 is 20.5 Å². The van der Waals surface area contributed by atoms with E-state index in [9.17, 15) is 9.59 Å². The second kappa shape index (κ2) is 7.26. The Balaban J connectivity index is 2.02. The smallest absolute Gasteiger partial charge is 0.305 e. The van der Waals surface area contributed by atoms with Crippen molar-refractivity contribution in [2.75, 3.05) is 6.61 Å². The van der Waals surface area contributed by atoms with Crippen molar-refractivity contribution < 1.29 is 19.4 Å². The fourth-order valence-electron chi connectivity index (χ4n) is 2.32. The summed E-state index contributed by atoms with van der Waals surface area (Å²) in [5, 5.41) is 8.77. The number of hydrogen-bond donors (Lipinski definition) is 2. The highest BCUT2D eigenvalue weighted by molar-refractivity contribution is 5.86. The van der Waals surface area contributed by atoms with Crippen LogP contribution < -0.4 is 10.5 Å². The van der Waals surface area contributed by atoms with E-state index in [0.29, 0.717) is 13.2 Å². The lowest BCUT2D eigenvalue weighted by Gasteiger charge is -2.25. The third-order valence-electron chi connectivity index (χ3n) is 3.57. The summed E-state index contributed by atoms with van der Waals surface area (Å²) in [6.45, 7) is 2.98. The Bertz CT molecular complexity index is 525. The highest BCUT2D eigenvalue weighted by Crippen LogP contribution is 2.29. The molecule has 1 atom stereocenters. The number of nitrogens with zero attached hydrogens (tertiary/aromatic N) is 1. The number of ether oxygens (including phenoxy) is 1. The van der Waals surface area contributed by atoms with Crippen molar-refractivity contribution in [2.24, 2.45) is 5.73 Å². The lowest BCUT2D eigenvalue weighted by Crippen LogP contribution is -2.45. The molecule has 22 heavy (non-hydrogen) atoms. The Morgan fingerprint density at radius 2 is 2.00 bits per heavy atom. The molecule has 1 fully saturated rings. The van der Waals surface area contributed by atoms with Gasteiger partial charge in [-0.3, -0.25) is 9.59 Å². The number of nitrogens with two attached hydrogens (primary N) is 1. The van der Waals surface area contributed by atoms with Crippen molar-refractivity contribution >= 4 is 11.9 Å². The predicted octanol–water partition coefficient (Wildman–Crippen LogP) is 1.38. The zero-order valence-electron chi connectivity index (χ0n) is 12.7. The maximum Gasteiger partial charge on any atom is 0.305 e. The van der Waals surface area contributed by atoms with Gasteiger partial charge in [-0.25, -0.2) is 0 Å². The van der Waals surface area contributed by atoms with E-state index in [0.717, 1.165) is 24.2 Å². The summed E-state index contributed by atoms with van der Waals surface area (Å²) in [4.78, 5) is 24.8. The first-order chi connectivity index (χ1) is 10.5.